The first-order chi connectivity index (χ1) is 11.3. The highest BCUT2D eigenvalue weighted by Crippen LogP contribution is 2.35. The molecule has 0 aliphatic heterocycles. The summed E-state index contributed by atoms with van der Waals surface area (Å²) in [4.78, 5) is 0. The number of nitrogens with zero attached hydrogens (tertiary/aromatic N) is 2. The van der Waals surface area contributed by atoms with Gasteiger partial charge < -0.3 is 10.2 Å². The van der Waals surface area contributed by atoms with Crippen molar-refractivity contribution in [3.8, 4) is 34.0 Å². The largest absolute Gasteiger partial charge is 0.508 e. The van der Waals surface area contributed by atoms with Crippen molar-refractivity contribution in [2.45, 2.75) is 33.2 Å². The van der Waals surface area contributed by atoms with E-state index in [1.807, 2.05) is 28.9 Å². The summed E-state index contributed by atoms with van der Waals surface area (Å²) < 4.78 is 2.02. The van der Waals surface area contributed by atoms with Gasteiger partial charge in [0, 0.05) is 16.7 Å². The minimum atomic E-state index is -0.187. The third-order valence-corrected chi connectivity index (χ3v) is 4.04. The van der Waals surface area contributed by atoms with Crippen LogP contribution in [0.15, 0.2) is 48.5 Å². The van der Waals surface area contributed by atoms with Gasteiger partial charge >= 0.3 is 0 Å². The fourth-order valence-electron chi connectivity index (χ4n) is 2.83. The molecule has 24 heavy (non-hydrogen) atoms. The molecule has 0 unspecified atom stereocenters. The number of hydrogen-bond acceptors (Lipinski definition) is 3. The fourth-order valence-corrected chi connectivity index (χ4v) is 2.83. The van der Waals surface area contributed by atoms with Gasteiger partial charge in [-0.05, 0) is 76.2 Å². The molecule has 2 aromatic carbocycles. The summed E-state index contributed by atoms with van der Waals surface area (Å²) in [6.45, 7) is 8.40. The van der Waals surface area contributed by atoms with Gasteiger partial charge in [0.2, 0.25) is 0 Å². The Kier molecular flexibility index (Phi) is 3.84. The summed E-state index contributed by atoms with van der Waals surface area (Å²) >= 11 is 0. The smallest absolute Gasteiger partial charge is 0.115 e. The molecule has 4 nitrogen and oxygen atoms in total. The predicted octanol–water partition coefficient (Wildman–Crippen LogP) is 4.69. The zero-order valence-electron chi connectivity index (χ0n) is 14.4. The molecule has 0 spiro atoms. The third kappa shape index (κ3) is 2.87. The van der Waals surface area contributed by atoms with Crippen LogP contribution in [0.25, 0.3) is 22.5 Å². The van der Waals surface area contributed by atoms with E-state index in [2.05, 4.69) is 27.7 Å². The summed E-state index contributed by atoms with van der Waals surface area (Å²) in [5.74, 6) is 0.488. The lowest BCUT2D eigenvalue weighted by molar-refractivity contribution is 0.361. The summed E-state index contributed by atoms with van der Waals surface area (Å²) in [7, 11) is 0. The Morgan fingerprint density at radius 1 is 0.792 bits per heavy atom. The molecule has 0 fully saturated rings. The molecule has 0 amide bonds. The van der Waals surface area contributed by atoms with E-state index in [4.69, 9.17) is 5.10 Å². The van der Waals surface area contributed by atoms with E-state index < -0.39 is 0 Å². The van der Waals surface area contributed by atoms with E-state index in [0.717, 1.165) is 28.1 Å². The highest BCUT2D eigenvalue weighted by Gasteiger charge is 2.24. The van der Waals surface area contributed by atoms with Gasteiger partial charge in [-0.3, -0.25) is 4.68 Å². The monoisotopic (exact) mass is 322 g/mol. The van der Waals surface area contributed by atoms with Crippen molar-refractivity contribution in [1.29, 1.82) is 0 Å². The Morgan fingerprint density at radius 3 is 1.71 bits per heavy atom. The topological polar surface area (TPSA) is 58.3 Å². The molecule has 0 bridgehead atoms. The standard InChI is InChI=1S/C20H22N2O2/c1-13-18(14-5-9-16(23)10-6-14)21-22(20(2,3)4)19(13)15-7-11-17(24)12-8-15/h5-12,23-24H,1-4H3. The molecule has 0 atom stereocenters. The highest BCUT2D eigenvalue weighted by molar-refractivity contribution is 5.75. The molecule has 3 rings (SSSR count). The first kappa shape index (κ1) is 16.1. The lowest BCUT2D eigenvalue weighted by Gasteiger charge is -2.23. The van der Waals surface area contributed by atoms with Crippen LogP contribution in [0.3, 0.4) is 0 Å². The van der Waals surface area contributed by atoms with Crippen molar-refractivity contribution in [2.75, 3.05) is 0 Å². The van der Waals surface area contributed by atoms with Crippen LogP contribution in [0.2, 0.25) is 0 Å². The van der Waals surface area contributed by atoms with Crippen LogP contribution in [0.5, 0.6) is 11.5 Å². The molecule has 4 heteroatoms. The van der Waals surface area contributed by atoms with Gasteiger partial charge in [-0.1, -0.05) is 0 Å². The van der Waals surface area contributed by atoms with E-state index in [1.54, 1.807) is 24.3 Å². The van der Waals surface area contributed by atoms with Gasteiger partial charge in [-0.25, -0.2) is 0 Å². The number of phenolic OH excluding ortho intramolecular Hbond substituents is 2. The molecular formula is C20H22N2O2. The third-order valence-electron chi connectivity index (χ3n) is 4.04. The minimum absolute atomic E-state index is 0.187. The predicted molar refractivity (Wildman–Crippen MR) is 96.2 cm³/mol. The maximum absolute atomic E-state index is 9.57. The van der Waals surface area contributed by atoms with Gasteiger partial charge in [0.25, 0.3) is 0 Å². The van der Waals surface area contributed by atoms with Gasteiger partial charge in [0.05, 0.1) is 16.9 Å². The second kappa shape index (κ2) is 5.71. The van der Waals surface area contributed by atoms with Crippen molar-refractivity contribution >= 4 is 0 Å². The molecule has 0 saturated heterocycles. The quantitative estimate of drug-likeness (QED) is 0.719. The molecule has 0 aliphatic rings. The average molecular weight is 322 g/mol. The zero-order valence-corrected chi connectivity index (χ0v) is 14.4. The van der Waals surface area contributed by atoms with Crippen LogP contribution < -0.4 is 0 Å². The van der Waals surface area contributed by atoms with Crippen LogP contribution >= 0.6 is 0 Å². The van der Waals surface area contributed by atoms with Crippen molar-refractivity contribution in [1.82, 2.24) is 9.78 Å². The normalized spacial score (nSPS) is 11.7. The van der Waals surface area contributed by atoms with E-state index in [-0.39, 0.29) is 17.0 Å². The van der Waals surface area contributed by atoms with E-state index in [0.29, 0.717) is 0 Å². The van der Waals surface area contributed by atoms with Gasteiger partial charge in [-0.15, -0.1) is 0 Å². The number of phenols is 2. The van der Waals surface area contributed by atoms with Crippen molar-refractivity contribution in [2.24, 2.45) is 0 Å². The van der Waals surface area contributed by atoms with Crippen LogP contribution in [-0.4, -0.2) is 20.0 Å². The lowest BCUT2D eigenvalue weighted by atomic mass is 10.0. The maximum atomic E-state index is 9.57. The second-order valence-electron chi connectivity index (χ2n) is 7.00. The highest BCUT2D eigenvalue weighted by atomic mass is 16.3. The Morgan fingerprint density at radius 2 is 1.25 bits per heavy atom. The van der Waals surface area contributed by atoms with Crippen molar-refractivity contribution in [3.05, 3.63) is 54.1 Å². The SMILES string of the molecule is Cc1c(-c2ccc(O)cc2)nn(C(C)(C)C)c1-c1ccc(O)cc1. The molecule has 1 aromatic heterocycles. The van der Waals surface area contributed by atoms with E-state index >= 15 is 0 Å². The van der Waals surface area contributed by atoms with Crippen molar-refractivity contribution in [3.63, 3.8) is 0 Å². The number of hydrogen-bond donors (Lipinski definition) is 2. The second-order valence-corrected chi connectivity index (χ2v) is 7.00. The first-order valence-electron chi connectivity index (χ1n) is 7.96. The Labute approximate surface area is 142 Å². The average Bonchev–Trinajstić information content (AvgIpc) is 2.87. The van der Waals surface area contributed by atoms with Gasteiger partial charge in [0.15, 0.2) is 0 Å². The number of aromatic nitrogens is 2. The maximum Gasteiger partial charge on any atom is 0.115 e. The Bertz CT molecular complexity index is 854. The minimum Gasteiger partial charge on any atom is -0.508 e. The zero-order chi connectivity index (χ0) is 17.5. The first-order valence-corrected chi connectivity index (χ1v) is 7.96. The molecule has 0 aliphatic carbocycles. The number of rotatable bonds is 2. The molecule has 0 saturated carbocycles. The van der Waals surface area contributed by atoms with Gasteiger partial charge in [-0.2, -0.15) is 5.10 Å². The number of benzene rings is 2. The van der Waals surface area contributed by atoms with E-state index in [1.165, 1.54) is 0 Å². The molecule has 0 radical (unpaired) electrons. The molecule has 3 aromatic rings. The molecule has 124 valence electrons. The van der Waals surface area contributed by atoms with Crippen LogP contribution in [0, 0.1) is 6.92 Å². The molecule has 1 heterocycles. The fraction of sp³-hybridized carbons (Fsp3) is 0.250. The van der Waals surface area contributed by atoms with E-state index in [9.17, 15) is 10.2 Å². The number of aromatic hydroxyl groups is 2. The Hall–Kier alpha value is -2.75. The van der Waals surface area contributed by atoms with Crippen LogP contribution in [0.4, 0.5) is 0 Å². The van der Waals surface area contributed by atoms with Crippen LogP contribution in [0.1, 0.15) is 26.3 Å². The summed E-state index contributed by atoms with van der Waals surface area (Å²) in [5, 5.41) is 23.9. The Balaban J connectivity index is 2.23. The van der Waals surface area contributed by atoms with Crippen LogP contribution in [-0.2, 0) is 5.54 Å². The lowest BCUT2D eigenvalue weighted by Crippen LogP contribution is -2.24. The summed E-state index contributed by atoms with van der Waals surface area (Å²) in [5.41, 5.74) is 4.79. The molecule has 2 N–H and O–H groups in total. The summed E-state index contributed by atoms with van der Waals surface area (Å²) in [6.07, 6.45) is 0. The summed E-state index contributed by atoms with van der Waals surface area (Å²) in [6, 6.07) is 14.3. The van der Waals surface area contributed by atoms with Crippen molar-refractivity contribution < 1.29 is 10.2 Å². The van der Waals surface area contributed by atoms with Gasteiger partial charge in [0.1, 0.15) is 11.5 Å². The molecular weight excluding hydrogens is 300 g/mol.